The Bertz CT molecular complexity index is 325. The van der Waals surface area contributed by atoms with E-state index in [9.17, 15) is 9.59 Å². The van der Waals surface area contributed by atoms with Gasteiger partial charge in [-0.05, 0) is 33.6 Å². The molecular formula is C12H22N2O4. The molecule has 1 heterocycles. The molecule has 1 saturated heterocycles. The van der Waals surface area contributed by atoms with Crippen LogP contribution in [-0.4, -0.2) is 48.3 Å². The van der Waals surface area contributed by atoms with E-state index in [0.29, 0.717) is 19.4 Å². The molecule has 0 aromatic rings. The zero-order valence-corrected chi connectivity index (χ0v) is 11.4. The first-order valence-electron chi connectivity index (χ1n) is 6.07. The number of amides is 1. The minimum absolute atomic E-state index is 0.126. The number of hydrogen-bond donors (Lipinski definition) is 1. The number of nitrogens with two attached hydrogens (primary N) is 1. The van der Waals surface area contributed by atoms with Crippen molar-refractivity contribution in [3.05, 3.63) is 0 Å². The standard InChI is InChI=1S/C12H22N2O4/c1-12(2,3)18-11(16)14-7-8(13)5-6-9(14)10(15)17-4/h8-9H,5-7,13H2,1-4H3/t8-,9+/m1/s1. The van der Waals surface area contributed by atoms with E-state index in [1.54, 1.807) is 20.8 Å². The second-order valence-electron chi connectivity index (χ2n) is 5.51. The molecule has 0 aromatic carbocycles. The van der Waals surface area contributed by atoms with E-state index >= 15 is 0 Å². The molecule has 1 fully saturated rings. The highest BCUT2D eigenvalue weighted by atomic mass is 16.6. The van der Waals surface area contributed by atoms with Crippen LogP contribution in [0.15, 0.2) is 0 Å². The van der Waals surface area contributed by atoms with Gasteiger partial charge in [0.1, 0.15) is 11.6 Å². The first kappa shape index (κ1) is 14.8. The Morgan fingerprint density at radius 3 is 2.39 bits per heavy atom. The van der Waals surface area contributed by atoms with Gasteiger partial charge in [0.05, 0.1) is 7.11 Å². The average molecular weight is 258 g/mol. The van der Waals surface area contributed by atoms with Crippen molar-refractivity contribution < 1.29 is 19.1 Å². The fraction of sp³-hybridized carbons (Fsp3) is 0.833. The van der Waals surface area contributed by atoms with Crippen molar-refractivity contribution in [3.63, 3.8) is 0 Å². The van der Waals surface area contributed by atoms with Gasteiger partial charge in [0.15, 0.2) is 0 Å². The monoisotopic (exact) mass is 258 g/mol. The minimum Gasteiger partial charge on any atom is -0.467 e. The second kappa shape index (κ2) is 5.56. The molecule has 2 atom stereocenters. The van der Waals surface area contributed by atoms with Crippen molar-refractivity contribution in [1.29, 1.82) is 0 Å². The number of rotatable bonds is 1. The molecule has 1 aliphatic rings. The van der Waals surface area contributed by atoms with Crippen LogP contribution in [0.5, 0.6) is 0 Å². The SMILES string of the molecule is COC(=O)[C@@H]1CC[C@@H](N)CN1C(=O)OC(C)(C)C. The lowest BCUT2D eigenvalue weighted by Gasteiger charge is -2.37. The number of methoxy groups -OCH3 is 1. The summed E-state index contributed by atoms with van der Waals surface area (Å²) in [5.74, 6) is -0.423. The first-order chi connectivity index (χ1) is 8.24. The highest BCUT2D eigenvalue weighted by Gasteiger charge is 2.37. The Morgan fingerprint density at radius 2 is 1.89 bits per heavy atom. The fourth-order valence-electron chi connectivity index (χ4n) is 1.90. The highest BCUT2D eigenvalue weighted by Crippen LogP contribution is 2.20. The van der Waals surface area contributed by atoms with E-state index < -0.39 is 23.7 Å². The summed E-state index contributed by atoms with van der Waals surface area (Å²) in [5, 5.41) is 0. The molecule has 1 rings (SSSR count). The van der Waals surface area contributed by atoms with Crippen molar-refractivity contribution in [1.82, 2.24) is 4.90 Å². The summed E-state index contributed by atoms with van der Waals surface area (Å²) in [6.45, 7) is 5.65. The van der Waals surface area contributed by atoms with Gasteiger partial charge in [-0.15, -0.1) is 0 Å². The number of hydrogen-bond acceptors (Lipinski definition) is 5. The topological polar surface area (TPSA) is 81.9 Å². The Balaban J connectivity index is 2.78. The lowest BCUT2D eigenvalue weighted by Crippen LogP contribution is -2.55. The molecule has 1 amide bonds. The quantitative estimate of drug-likeness (QED) is 0.706. The van der Waals surface area contributed by atoms with Crippen LogP contribution in [0, 0.1) is 0 Å². The second-order valence-corrected chi connectivity index (χ2v) is 5.51. The molecule has 0 aromatic heterocycles. The van der Waals surface area contributed by atoms with Crippen LogP contribution in [0.2, 0.25) is 0 Å². The number of carbonyl (C=O) groups is 2. The van der Waals surface area contributed by atoms with E-state index in [-0.39, 0.29) is 6.04 Å². The Morgan fingerprint density at radius 1 is 1.28 bits per heavy atom. The normalized spacial score (nSPS) is 24.6. The molecule has 0 saturated carbocycles. The molecule has 6 nitrogen and oxygen atoms in total. The van der Waals surface area contributed by atoms with Gasteiger partial charge in [0.2, 0.25) is 0 Å². The van der Waals surface area contributed by atoms with E-state index in [2.05, 4.69) is 0 Å². The van der Waals surface area contributed by atoms with E-state index in [4.69, 9.17) is 15.2 Å². The maximum Gasteiger partial charge on any atom is 0.411 e. The zero-order chi connectivity index (χ0) is 13.9. The summed E-state index contributed by atoms with van der Waals surface area (Å²) in [6, 6.07) is -0.719. The van der Waals surface area contributed by atoms with Crippen LogP contribution in [0.1, 0.15) is 33.6 Å². The molecule has 0 radical (unpaired) electrons. The van der Waals surface area contributed by atoms with Crippen molar-refractivity contribution >= 4 is 12.1 Å². The van der Waals surface area contributed by atoms with Gasteiger partial charge in [-0.1, -0.05) is 0 Å². The first-order valence-corrected chi connectivity index (χ1v) is 6.07. The number of likely N-dealkylation sites (tertiary alicyclic amines) is 1. The number of esters is 1. The van der Waals surface area contributed by atoms with E-state index in [0.717, 1.165) is 0 Å². The molecule has 18 heavy (non-hydrogen) atoms. The van der Waals surface area contributed by atoms with Crippen molar-refractivity contribution in [2.75, 3.05) is 13.7 Å². The maximum atomic E-state index is 12.0. The van der Waals surface area contributed by atoms with Gasteiger partial charge >= 0.3 is 12.1 Å². The molecule has 1 aliphatic heterocycles. The van der Waals surface area contributed by atoms with Crippen LogP contribution in [0.3, 0.4) is 0 Å². The smallest absolute Gasteiger partial charge is 0.411 e. The lowest BCUT2D eigenvalue weighted by molar-refractivity contribution is -0.148. The van der Waals surface area contributed by atoms with E-state index in [1.165, 1.54) is 12.0 Å². The summed E-state index contributed by atoms with van der Waals surface area (Å²) in [5.41, 5.74) is 5.23. The summed E-state index contributed by atoms with van der Waals surface area (Å²) in [6.07, 6.45) is 0.680. The van der Waals surface area contributed by atoms with Gasteiger partial charge in [0, 0.05) is 12.6 Å². The van der Waals surface area contributed by atoms with Crippen LogP contribution in [-0.2, 0) is 14.3 Å². The third-order valence-electron chi connectivity index (χ3n) is 2.72. The predicted molar refractivity (Wildman–Crippen MR) is 66.0 cm³/mol. The Hall–Kier alpha value is -1.30. The van der Waals surface area contributed by atoms with Crippen molar-refractivity contribution in [2.45, 2.75) is 51.3 Å². The third-order valence-corrected chi connectivity index (χ3v) is 2.72. The number of carbonyl (C=O) groups excluding carboxylic acids is 2. The van der Waals surface area contributed by atoms with Crippen LogP contribution < -0.4 is 5.73 Å². The summed E-state index contributed by atoms with van der Waals surface area (Å²) in [4.78, 5) is 25.0. The summed E-state index contributed by atoms with van der Waals surface area (Å²) < 4.78 is 9.98. The number of ether oxygens (including phenoxy) is 2. The van der Waals surface area contributed by atoms with Gasteiger partial charge in [-0.2, -0.15) is 0 Å². The highest BCUT2D eigenvalue weighted by molar-refractivity contribution is 5.81. The molecule has 0 aliphatic carbocycles. The Labute approximate surface area is 107 Å². The summed E-state index contributed by atoms with van der Waals surface area (Å²) >= 11 is 0. The maximum absolute atomic E-state index is 12.0. The van der Waals surface area contributed by atoms with Gasteiger partial charge in [-0.3, -0.25) is 4.90 Å². The predicted octanol–water partition coefficient (Wildman–Crippen LogP) is 0.886. The van der Waals surface area contributed by atoms with Gasteiger partial charge in [-0.25, -0.2) is 9.59 Å². The average Bonchev–Trinajstić information content (AvgIpc) is 2.25. The minimum atomic E-state index is -0.598. The molecule has 0 bridgehead atoms. The zero-order valence-electron chi connectivity index (χ0n) is 11.4. The number of nitrogens with zero attached hydrogens (tertiary/aromatic N) is 1. The van der Waals surface area contributed by atoms with Crippen molar-refractivity contribution in [3.8, 4) is 0 Å². The molecular weight excluding hydrogens is 236 g/mol. The van der Waals surface area contributed by atoms with Gasteiger partial charge < -0.3 is 15.2 Å². The van der Waals surface area contributed by atoms with Crippen LogP contribution >= 0.6 is 0 Å². The number of piperidine rings is 1. The molecule has 6 heteroatoms. The third kappa shape index (κ3) is 3.87. The molecule has 2 N–H and O–H groups in total. The fourth-order valence-corrected chi connectivity index (χ4v) is 1.90. The molecule has 104 valence electrons. The molecule has 0 unspecified atom stereocenters. The lowest BCUT2D eigenvalue weighted by atomic mass is 9.99. The van der Waals surface area contributed by atoms with E-state index in [1.807, 2.05) is 0 Å². The Kier molecular flexibility index (Phi) is 4.56. The largest absolute Gasteiger partial charge is 0.467 e. The summed E-state index contributed by atoms with van der Waals surface area (Å²) in [7, 11) is 1.31. The van der Waals surface area contributed by atoms with Crippen LogP contribution in [0.25, 0.3) is 0 Å². The molecule has 0 spiro atoms. The van der Waals surface area contributed by atoms with Crippen molar-refractivity contribution in [2.24, 2.45) is 5.73 Å². The van der Waals surface area contributed by atoms with Gasteiger partial charge in [0.25, 0.3) is 0 Å². The van der Waals surface area contributed by atoms with Crippen LogP contribution in [0.4, 0.5) is 4.79 Å².